The number of nitrogens with two attached hydrogens (primary N) is 1. The number of hydrogen-bond donors (Lipinski definition) is 2. The maximum absolute atomic E-state index is 12.0. The predicted octanol–water partition coefficient (Wildman–Crippen LogP) is -0.210. The molecular weight excluding hydrogens is 232 g/mol. The van der Waals surface area contributed by atoms with E-state index in [1.165, 1.54) is 0 Å². The number of aryl methyl sites for hydroxylation is 1. The van der Waals surface area contributed by atoms with Crippen LogP contribution < -0.4 is 16.6 Å². The molecule has 2 aliphatic rings. The lowest BCUT2D eigenvalue weighted by molar-refractivity contribution is 0.00518. The van der Waals surface area contributed by atoms with Crippen molar-refractivity contribution < 1.29 is 4.74 Å². The number of aromatic nitrogens is 2. The molecule has 3 N–H and O–H groups in total. The highest BCUT2D eigenvalue weighted by Gasteiger charge is 2.52. The molecule has 0 amide bonds. The van der Waals surface area contributed by atoms with Crippen molar-refractivity contribution in [3.05, 3.63) is 22.7 Å². The van der Waals surface area contributed by atoms with E-state index in [0.29, 0.717) is 18.3 Å². The highest BCUT2D eigenvalue weighted by atomic mass is 16.5. The second-order valence-corrected chi connectivity index (χ2v) is 4.90. The molecule has 6 heteroatoms. The van der Waals surface area contributed by atoms with Crippen LogP contribution in [0.3, 0.4) is 0 Å². The lowest BCUT2D eigenvalue weighted by Gasteiger charge is -2.45. The van der Waals surface area contributed by atoms with Gasteiger partial charge in [-0.05, 0) is 13.3 Å². The zero-order valence-corrected chi connectivity index (χ0v) is 10.4. The number of nitrogens with one attached hydrogen (secondary N) is 1. The smallest absolute Gasteiger partial charge is 0.293 e. The van der Waals surface area contributed by atoms with Gasteiger partial charge in [-0.25, -0.2) is 4.98 Å². The van der Waals surface area contributed by atoms with Crippen LogP contribution in [0.15, 0.2) is 17.2 Å². The van der Waals surface area contributed by atoms with Crippen molar-refractivity contribution in [3.8, 4) is 0 Å². The first-order valence-corrected chi connectivity index (χ1v) is 6.41. The third-order valence-electron chi connectivity index (χ3n) is 4.00. The Labute approximate surface area is 105 Å². The van der Waals surface area contributed by atoms with Crippen molar-refractivity contribution in [3.63, 3.8) is 0 Å². The van der Waals surface area contributed by atoms with Gasteiger partial charge >= 0.3 is 0 Å². The van der Waals surface area contributed by atoms with E-state index in [1.54, 1.807) is 17.0 Å². The van der Waals surface area contributed by atoms with Gasteiger partial charge in [0.25, 0.3) is 5.56 Å². The summed E-state index contributed by atoms with van der Waals surface area (Å²) in [4.78, 5) is 16.1. The zero-order chi connectivity index (χ0) is 12.7. The van der Waals surface area contributed by atoms with E-state index in [9.17, 15) is 4.79 Å². The van der Waals surface area contributed by atoms with Gasteiger partial charge in [-0.2, -0.15) is 0 Å². The standard InChI is InChI=1S/C12H18N4O2/c1-2-16-5-4-14-11(12(16)17)15-9-8(13)7-3-6-18-10(7)9/h4-5,7-10H,2-3,6,13H2,1H3,(H,14,15). The fraction of sp³-hybridized carbons (Fsp3) is 0.667. The number of rotatable bonds is 3. The van der Waals surface area contributed by atoms with Crippen LogP contribution in [-0.2, 0) is 11.3 Å². The highest BCUT2D eigenvalue weighted by molar-refractivity contribution is 5.36. The lowest BCUT2D eigenvalue weighted by atomic mass is 9.72. The number of anilines is 1. The summed E-state index contributed by atoms with van der Waals surface area (Å²) >= 11 is 0. The van der Waals surface area contributed by atoms with Crippen LogP contribution in [0.25, 0.3) is 0 Å². The van der Waals surface area contributed by atoms with Crippen molar-refractivity contribution in [1.82, 2.24) is 9.55 Å². The van der Waals surface area contributed by atoms with Crippen molar-refractivity contribution >= 4 is 5.82 Å². The molecular formula is C12H18N4O2. The summed E-state index contributed by atoms with van der Waals surface area (Å²) in [5, 5.41) is 3.15. The predicted molar refractivity (Wildman–Crippen MR) is 67.4 cm³/mol. The first-order chi connectivity index (χ1) is 8.72. The van der Waals surface area contributed by atoms with Crippen molar-refractivity contribution in [2.75, 3.05) is 11.9 Å². The SMILES string of the molecule is CCn1ccnc(NC2C(N)C3CCOC32)c1=O. The van der Waals surface area contributed by atoms with E-state index in [-0.39, 0.29) is 23.7 Å². The molecule has 98 valence electrons. The highest BCUT2D eigenvalue weighted by Crippen LogP contribution is 2.38. The van der Waals surface area contributed by atoms with E-state index in [1.807, 2.05) is 6.92 Å². The van der Waals surface area contributed by atoms with Crippen LogP contribution in [0.4, 0.5) is 5.82 Å². The van der Waals surface area contributed by atoms with E-state index in [0.717, 1.165) is 13.0 Å². The first-order valence-electron chi connectivity index (χ1n) is 6.41. The maximum Gasteiger partial charge on any atom is 0.293 e. The molecule has 2 fully saturated rings. The minimum Gasteiger partial charge on any atom is -0.376 e. The van der Waals surface area contributed by atoms with Gasteiger partial charge in [0, 0.05) is 37.5 Å². The molecule has 0 spiro atoms. The summed E-state index contributed by atoms with van der Waals surface area (Å²) in [7, 11) is 0. The van der Waals surface area contributed by atoms with Gasteiger partial charge in [0.15, 0.2) is 5.82 Å². The Bertz CT molecular complexity index is 501. The summed E-state index contributed by atoms with van der Waals surface area (Å²) < 4.78 is 7.24. The average Bonchev–Trinajstić information content (AvgIpc) is 2.82. The lowest BCUT2D eigenvalue weighted by Crippen LogP contribution is -2.65. The Morgan fingerprint density at radius 2 is 2.50 bits per heavy atom. The van der Waals surface area contributed by atoms with Crippen molar-refractivity contribution in [2.24, 2.45) is 11.7 Å². The third kappa shape index (κ3) is 1.64. The molecule has 1 aliphatic carbocycles. The quantitative estimate of drug-likeness (QED) is 0.775. The van der Waals surface area contributed by atoms with Crippen LogP contribution in [0, 0.1) is 5.92 Å². The second-order valence-electron chi connectivity index (χ2n) is 4.90. The van der Waals surface area contributed by atoms with Gasteiger partial charge in [0.2, 0.25) is 0 Å². The largest absolute Gasteiger partial charge is 0.376 e. The summed E-state index contributed by atoms with van der Waals surface area (Å²) in [5.41, 5.74) is 5.99. The van der Waals surface area contributed by atoms with Gasteiger partial charge < -0.3 is 20.4 Å². The Balaban J connectivity index is 1.79. The Hall–Kier alpha value is -1.40. The molecule has 0 bridgehead atoms. The number of fused-ring (bicyclic) bond motifs is 1. The first kappa shape index (κ1) is 11.7. The summed E-state index contributed by atoms with van der Waals surface area (Å²) in [5.74, 6) is 0.799. The molecule has 1 aromatic heterocycles. The normalized spacial score (nSPS) is 33.9. The Morgan fingerprint density at radius 1 is 1.67 bits per heavy atom. The van der Waals surface area contributed by atoms with Gasteiger partial charge in [0.05, 0.1) is 12.1 Å². The molecule has 2 heterocycles. The molecule has 1 aromatic rings. The molecule has 0 radical (unpaired) electrons. The number of hydrogen-bond acceptors (Lipinski definition) is 5. The molecule has 1 saturated heterocycles. The van der Waals surface area contributed by atoms with Crippen molar-refractivity contribution in [1.29, 1.82) is 0 Å². The van der Waals surface area contributed by atoms with Crippen LogP contribution in [0.1, 0.15) is 13.3 Å². The van der Waals surface area contributed by atoms with Crippen LogP contribution in [0.2, 0.25) is 0 Å². The average molecular weight is 250 g/mol. The zero-order valence-electron chi connectivity index (χ0n) is 10.4. The van der Waals surface area contributed by atoms with Crippen molar-refractivity contribution in [2.45, 2.75) is 38.1 Å². The van der Waals surface area contributed by atoms with Crippen LogP contribution >= 0.6 is 0 Å². The van der Waals surface area contributed by atoms with Gasteiger partial charge in [-0.3, -0.25) is 4.79 Å². The monoisotopic (exact) mass is 250 g/mol. The molecule has 1 aliphatic heterocycles. The van der Waals surface area contributed by atoms with E-state index in [2.05, 4.69) is 10.3 Å². The van der Waals surface area contributed by atoms with Crippen LogP contribution in [-0.4, -0.2) is 34.3 Å². The molecule has 3 rings (SSSR count). The van der Waals surface area contributed by atoms with Gasteiger partial charge in [0.1, 0.15) is 0 Å². The molecule has 1 saturated carbocycles. The number of ether oxygens (including phenoxy) is 1. The Kier molecular flexibility index (Phi) is 2.83. The minimum absolute atomic E-state index is 0.00501. The van der Waals surface area contributed by atoms with E-state index >= 15 is 0 Å². The summed E-state index contributed by atoms with van der Waals surface area (Å²) in [6.07, 6.45) is 4.47. The third-order valence-corrected chi connectivity index (χ3v) is 4.00. The minimum atomic E-state index is -0.103. The van der Waals surface area contributed by atoms with Gasteiger partial charge in [-0.15, -0.1) is 0 Å². The fourth-order valence-electron chi connectivity index (χ4n) is 2.88. The van der Waals surface area contributed by atoms with E-state index in [4.69, 9.17) is 10.5 Å². The topological polar surface area (TPSA) is 82.2 Å². The summed E-state index contributed by atoms with van der Waals surface area (Å²) in [6.45, 7) is 3.33. The summed E-state index contributed by atoms with van der Waals surface area (Å²) in [6, 6.07) is 0.0550. The molecule has 4 atom stereocenters. The number of nitrogens with zero attached hydrogens (tertiary/aromatic N) is 2. The van der Waals surface area contributed by atoms with Crippen LogP contribution in [0.5, 0.6) is 0 Å². The fourth-order valence-corrected chi connectivity index (χ4v) is 2.88. The Morgan fingerprint density at radius 3 is 3.28 bits per heavy atom. The molecule has 6 nitrogen and oxygen atoms in total. The molecule has 0 aromatic carbocycles. The second kappa shape index (κ2) is 4.37. The molecule has 4 unspecified atom stereocenters. The van der Waals surface area contributed by atoms with Gasteiger partial charge in [-0.1, -0.05) is 0 Å². The maximum atomic E-state index is 12.0. The van der Waals surface area contributed by atoms with E-state index < -0.39 is 0 Å². The molecule has 18 heavy (non-hydrogen) atoms.